The van der Waals surface area contributed by atoms with E-state index in [0.717, 1.165) is 24.0 Å². The number of hydrogen-bond donors (Lipinski definition) is 0. The predicted molar refractivity (Wildman–Crippen MR) is 146 cm³/mol. The number of rotatable bonds is 1. The lowest BCUT2D eigenvalue weighted by atomic mass is 9.76. The number of benzene rings is 2. The summed E-state index contributed by atoms with van der Waals surface area (Å²) in [4.78, 5) is 0. The lowest BCUT2D eigenvalue weighted by Gasteiger charge is -2.28. The van der Waals surface area contributed by atoms with E-state index in [1.54, 1.807) is 0 Å². The van der Waals surface area contributed by atoms with Crippen LogP contribution in [0.1, 0.15) is 73.9 Å². The Morgan fingerprint density at radius 2 is 1.33 bits per heavy atom. The van der Waals surface area contributed by atoms with Crippen molar-refractivity contribution in [2.24, 2.45) is 0 Å². The molecule has 33 heavy (non-hydrogen) atoms. The van der Waals surface area contributed by atoms with Crippen LogP contribution in [0.4, 0.5) is 0 Å². The maximum Gasteiger partial charge on any atom is -0.00625 e. The van der Waals surface area contributed by atoms with Gasteiger partial charge in [0.05, 0.1) is 0 Å². The Hall–Kier alpha value is -3.12. The molecule has 0 aliphatic heterocycles. The van der Waals surface area contributed by atoms with E-state index in [0.29, 0.717) is 0 Å². The van der Waals surface area contributed by atoms with Gasteiger partial charge in [0, 0.05) is 0 Å². The van der Waals surface area contributed by atoms with Crippen LogP contribution in [0.5, 0.6) is 0 Å². The second-order valence-electron chi connectivity index (χ2n) is 10.8. The fourth-order valence-electron chi connectivity index (χ4n) is 4.91. The molecule has 2 aliphatic rings. The first-order valence-electron chi connectivity index (χ1n) is 11.9. The molecule has 168 valence electrons. The van der Waals surface area contributed by atoms with Gasteiger partial charge in [-0.3, -0.25) is 0 Å². The van der Waals surface area contributed by atoms with E-state index in [9.17, 15) is 0 Å². The molecule has 0 spiro atoms. The summed E-state index contributed by atoms with van der Waals surface area (Å²) in [6, 6.07) is 13.6. The molecule has 2 aromatic rings. The van der Waals surface area contributed by atoms with Gasteiger partial charge in [-0.2, -0.15) is 0 Å². The summed E-state index contributed by atoms with van der Waals surface area (Å²) in [5.41, 5.74) is 11.2. The molecule has 0 heterocycles. The summed E-state index contributed by atoms with van der Waals surface area (Å²) in [7, 11) is 0. The van der Waals surface area contributed by atoms with Gasteiger partial charge in [-0.25, -0.2) is 0 Å². The highest BCUT2D eigenvalue weighted by Crippen LogP contribution is 2.39. The summed E-state index contributed by atoms with van der Waals surface area (Å²) < 4.78 is 0. The average molecular weight is 433 g/mol. The Morgan fingerprint density at radius 3 is 2.09 bits per heavy atom. The maximum atomic E-state index is 4.42. The van der Waals surface area contributed by atoms with Gasteiger partial charge in [0.15, 0.2) is 0 Å². The minimum absolute atomic E-state index is 0.0201. The molecule has 0 aromatic heterocycles. The Kier molecular flexibility index (Phi) is 6.06. The second-order valence-corrected chi connectivity index (χ2v) is 10.8. The zero-order valence-electron chi connectivity index (χ0n) is 20.8. The Labute approximate surface area is 200 Å². The Bertz CT molecular complexity index is 1230. The minimum atomic E-state index is 0.0201. The van der Waals surface area contributed by atoms with E-state index < -0.39 is 0 Å². The number of aryl methyl sites for hydroxylation is 1. The zero-order chi connectivity index (χ0) is 23.8. The largest absolute Gasteiger partial charge is 0.0911 e. The molecule has 0 fully saturated rings. The van der Waals surface area contributed by atoms with Gasteiger partial charge in [-0.15, -0.1) is 0 Å². The van der Waals surface area contributed by atoms with Crippen molar-refractivity contribution in [1.82, 2.24) is 0 Å². The normalized spacial score (nSPS) is 23.7. The fourth-order valence-corrected chi connectivity index (χ4v) is 4.91. The highest BCUT2D eigenvalue weighted by atomic mass is 14.3. The van der Waals surface area contributed by atoms with E-state index in [1.165, 1.54) is 39.0 Å². The summed E-state index contributed by atoms with van der Waals surface area (Å²) in [5, 5.41) is 0. The third kappa shape index (κ3) is 4.67. The van der Waals surface area contributed by atoms with E-state index in [4.69, 9.17) is 0 Å². The van der Waals surface area contributed by atoms with Gasteiger partial charge < -0.3 is 0 Å². The molecule has 2 aromatic carbocycles. The molecule has 2 aliphatic carbocycles. The molecular weight excluding hydrogens is 396 g/mol. The van der Waals surface area contributed by atoms with Crippen molar-refractivity contribution in [3.8, 4) is 0 Å². The molecule has 0 radical (unpaired) electrons. The third-order valence-electron chi connectivity index (χ3n) is 7.15. The van der Waals surface area contributed by atoms with Crippen LogP contribution in [0, 0.1) is 6.92 Å². The first-order valence-corrected chi connectivity index (χ1v) is 11.9. The molecule has 0 N–H and O–H groups in total. The second kappa shape index (κ2) is 8.67. The smallest absolute Gasteiger partial charge is 0.00625 e. The van der Waals surface area contributed by atoms with Crippen LogP contribution in [0.2, 0.25) is 0 Å². The standard InChI is InChI=1S/C33H36/c1-23-12-16-28-25(3)13-14-26(18-20-33(6,7)30(28)21-23)27-15-17-29-24(2)11-9-8-10-19-32(4,5)31(29)22-27/h8-18,21-22H,2-3,19-20H2,1,4-7H3/b10-8-,11-9-,14-13-,26-18+. The minimum Gasteiger partial charge on any atom is -0.0911 e. The van der Waals surface area contributed by atoms with Crippen molar-refractivity contribution in [2.45, 2.75) is 58.3 Å². The Morgan fingerprint density at radius 1 is 0.697 bits per heavy atom. The van der Waals surface area contributed by atoms with Crippen LogP contribution in [-0.2, 0) is 10.8 Å². The van der Waals surface area contributed by atoms with Gasteiger partial charge in [0.25, 0.3) is 0 Å². The molecule has 0 atom stereocenters. The van der Waals surface area contributed by atoms with Gasteiger partial charge in [-0.05, 0) is 81.2 Å². The van der Waals surface area contributed by atoms with Gasteiger partial charge in [-0.1, -0.05) is 119 Å². The summed E-state index contributed by atoms with van der Waals surface area (Å²) in [6.07, 6.45) is 17.4. The molecule has 4 rings (SSSR count). The summed E-state index contributed by atoms with van der Waals surface area (Å²) in [5.74, 6) is 0. The van der Waals surface area contributed by atoms with Crippen molar-refractivity contribution in [1.29, 1.82) is 0 Å². The van der Waals surface area contributed by atoms with E-state index in [2.05, 4.69) is 127 Å². The fraction of sp³-hybridized carbons (Fsp3) is 0.273. The van der Waals surface area contributed by atoms with E-state index in [-0.39, 0.29) is 10.8 Å². The van der Waals surface area contributed by atoms with Crippen LogP contribution in [0.15, 0.2) is 92.1 Å². The molecule has 0 bridgehead atoms. The first kappa shape index (κ1) is 23.1. The van der Waals surface area contributed by atoms with Gasteiger partial charge >= 0.3 is 0 Å². The quantitative estimate of drug-likeness (QED) is 0.421. The third-order valence-corrected chi connectivity index (χ3v) is 7.15. The highest BCUT2D eigenvalue weighted by Gasteiger charge is 2.26. The van der Waals surface area contributed by atoms with Crippen LogP contribution >= 0.6 is 0 Å². The summed E-state index contributed by atoms with van der Waals surface area (Å²) in [6.45, 7) is 20.3. The first-order chi connectivity index (χ1) is 15.6. The topological polar surface area (TPSA) is 0 Å². The number of allylic oxidation sites excluding steroid dienone is 10. The van der Waals surface area contributed by atoms with Gasteiger partial charge in [0.2, 0.25) is 0 Å². The molecular formula is C33H36. The molecule has 0 heteroatoms. The van der Waals surface area contributed by atoms with Crippen molar-refractivity contribution >= 4 is 16.7 Å². The molecule has 0 unspecified atom stereocenters. The molecule has 0 saturated carbocycles. The summed E-state index contributed by atoms with van der Waals surface area (Å²) >= 11 is 0. The monoisotopic (exact) mass is 432 g/mol. The highest BCUT2D eigenvalue weighted by molar-refractivity contribution is 5.84. The Balaban J connectivity index is 1.83. The van der Waals surface area contributed by atoms with Crippen LogP contribution < -0.4 is 0 Å². The number of hydrogen-bond acceptors (Lipinski definition) is 0. The van der Waals surface area contributed by atoms with Crippen molar-refractivity contribution < 1.29 is 0 Å². The maximum absolute atomic E-state index is 4.42. The SMILES string of the molecule is C=C1/C=C\C=C/CC(C)(C)c2cc(C3=C/CC(C)(C)c4cc(C)ccc4C(=C)/C=C\3)ccc21. The van der Waals surface area contributed by atoms with Crippen molar-refractivity contribution in [3.05, 3.63) is 125 Å². The molecule has 0 saturated heterocycles. The van der Waals surface area contributed by atoms with Crippen LogP contribution in [0.3, 0.4) is 0 Å². The molecule has 0 amide bonds. The van der Waals surface area contributed by atoms with Crippen LogP contribution in [0.25, 0.3) is 16.7 Å². The van der Waals surface area contributed by atoms with Crippen molar-refractivity contribution in [2.75, 3.05) is 0 Å². The predicted octanol–water partition coefficient (Wildman–Crippen LogP) is 9.14. The number of fused-ring (bicyclic) bond motifs is 2. The van der Waals surface area contributed by atoms with Crippen LogP contribution in [-0.4, -0.2) is 0 Å². The lowest BCUT2D eigenvalue weighted by molar-refractivity contribution is 0.532. The zero-order valence-corrected chi connectivity index (χ0v) is 20.8. The van der Waals surface area contributed by atoms with E-state index in [1.807, 2.05) is 0 Å². The molecule has 0 nitrogen and oxygen atoms in total. The van der Waals surface area contributed by atoms with Crippen molar-refractivity contribution in [3.63, 3.8) is 0 Å². The lowest BCUT2D eigenvalue weighted by Crippen LogP contribution is -2.19. The van der Waals surface area contributed by atoms with Gasteiger partial charge in [0.1, 0.15) is 0 Å². The average Bonchev–Trinajstić information content (AvgIpc) is 2.85. The van der Waals surface area contributed by atoms with E-state index >= 15 is 0 Å².